The molecule has 4 rings (SSSR count). The van der Waals surface area contributed by atoms with E-state index in [0.717, 1.165) is 24.0 Å². The first-order valence-corrected chi connectivity index (χ1v) is 13.7. The van der Waals surface area contributed by atoms with E-state index >= 15 is 0 Å². The molecule has 1 aliphatic carbocycles. The summed E-state index contributed by atoms with van der Waals surface area (Å²) < 4.78 is 14.8. The van der Waals surface area contributed by atoms with E-state index in [1.165, 1.54) is 33.4 Å². The minimum Gasteiger partial charge on any atom is -0.545 e. The second kappa shape index (κ2) is 17.2. The van der Waals surface area contributed by atoms with Crippen molar-refractivity contribution in [3.63, 3.8) is 0 Å². The summed E-state index contributed by atoms with van der Waals surface area (Å²) in [4.78, 5) is 11.7. The van der Waals surface area contributed by atoms with Crippen molar-refractivity contribution >= 4 is 5.97 Å². The summed E-state index contributed by atoms with van der Waals surface area (Å²) in [7, 11) is 1.63. The summed E-state index contributed by atoms with van der Waals surface area (Å²) in [5.74, 6) is -1.12. The fourth-order valence-electron chi connectivity index (χ4n) is 5.06. The van der Waals surface area contributed by atoms with E-state index in [0.29, 0.717) is 33.0 Å². The SMILES string of the molecule is CCc1ccc2c(c1)C(C)(c1ccc(C)c(C(=O)[O-])c1)c1cc(CC)ccc1-2.COCCOCCOCCO.[Cs+]. The Hall–Kier alpha value is -0.978. The molecule has 0 aromatic heterocycles. The monoisotopic (exact) mass is 666 g/mol. The predicted molar refractivity (Wildman–Crippen MR) is 152 cm³/mol. The van der Waals surface area contributed by atoms with E-state index in [9.17, 15) is 9.90 Å². The molecule has 1 aliphatic rings. The van der Waals surface area contributed by atoms with Crippen LogP contribution in [-0.4, -0.2) is 57.8 Å². The van der Waals surface area contributed by atoms with Crippen molar-refractivity contribution in [2.24, 2.45) is 0 Å². The zero-order valence-electron chi connectivity index (χ0n) is 24.8. The maximum absolute atomic E-state index is 11.7. The number of carboxylic acids is 1. The average Bonchev–Trinajstić information content (AvgIpc) is 3.20. The first kappa shape index (κ1) is 35.2. The molecule has 3 aromatic rings. The van der Waals surface area contributed by atoms with Gasteiger partial charge in [0.2, 0.25) is 0 Å². The molecule has 0 amide bonds. The Kier molecular flexibility index (Phi) is 15.2. The topological polar surface area (TPSA) is 88.1 Å². The van der Waals surface area contributed by atoms with Crippen LogP contribution in [-0.2, 0) is 32.5 Å². The summed E-state index contributed by atoms with van der Waals surface area (Å²) in [5.41, 5.74) is 9.19. The number of rotatable bonds is 12. The Morgan fingerprint density at radius 1 is 0.825 bits per heavy atom. The quantitative estimate of drug-likeness (QED) is 0.295. The number of carboxylic acid groups (broad SMARTS) is 1. The van der Waals surface area contributed by atoms with Gasteiger partial charge in [0.25, 0.3) is 0 Å². The standard InChI is InChI=1S/C26H26O2.C7H16O4.Cs/c1-5-17-8-11-20-21-12-9-18(6-2)14-24(21)26(4,23(20)13-17)19-10-7-16(3)22(15-19)25(27)28;1-9-4-5-11-7-6-10-3-2-8;/h7-15H,5-6H2,1-4H3,(H,27,28);8H,2-7H2,1H3;/q;;+1/p-1. The molecule has 0 radical (unpaired) electrons. The Morgan fingerprint density at radius 3 is 1.82 bits per heavy atom. The first-order chi connectivity index (χ1) is 18.8. The number of carbonyl (C=O) groups is 1. The minimum absolute atomic E-state index is 0. The maximum Gasteiger partial charge on any atom is 1.00 e. The normalized spacial score (nSPS) is 12.6. The molecule has 0 bridgehead atoms. The number of aliphatic hydroxyl groups excluding tert-OH is 1. The van der Waals surface area contributed by atoms with Crippen LogP contribution in [0.3, 0.4) is 0 Å². The molecule has 0 unspecified atom stereocenters. The number of fused-ring (bicyclic) bond motifs is 3. The number of benzene rings is 3. The van der Waals surface area contributed by atoms with Crippen LogP contribution in [0.1, 0.15) is 64.5 Å². The fourth-order valence-corrected chi connectivity index (χ4v) is 5.06. The summed E-state index contributed by atoms with van der Waals surface area (Å²) in [6.07, 6.45) is 1.94. The van der Waals surface area contributed by atoms with Crippen molar-refractivity contribution in [2.75, 3.05) is 46.8 Å². The van der Waals surface area contributed by atoms with Gasteiger partial charge in [-0.15, -0.1) is 0 Å². The minimum atomic E-state index is -1.12. The number of aromatic carboxylic acids is 1. The predicted octanol–water partition coefficient (Wildman–Crippen LogP) is 1.48. The van der Waals surface area contributed by atoms with E-state index in [1.807, 2.05) is 13.0 Å². The molecule has 1 N–H and O–H groups in total. The first-order valence-electron chi connectivity index (χ1n) is 13.7. The molecule has 6 nitrogen and oxygen atoms in total. The van der Waals surface area contributed by atoms with E-state index in [4.69, 9.17) is 19.3 Å². The van der Waals surface area contributed by atoms with Crippen molar-refractivity contribution in [3.05, 3.63) is 93.5 Å². The molecule has 7 heteroatoms. The van der Waals surface area contributed by atoms with Crippen LogP contribution in [0.4, 0.5) is 0 Å². The third kappa shape index (κ3) is 8.31. The van der Waals surface area contributed by atoms with Gasteiger partial charge >= 0.3 is 68.9 Å². The zero-order valence-corrected chi connectivity index (χ0v) is 31.1. The van der Waals surface area contributed by atoms with Crippen LogP contribution in [0.25, 0.3) is 11.1 Å². The largest absolute Gasteiger partial charge is 1.00 e. The number of hydrogen-bond acceptors (Lipinski definition) is 6. The van der Waals surface area contributed by atoms with Crippen LogP contribution >= 0.6 is 0 Å². The zero-order chi connectivity index (χ0) is 28.4. The molecule has 0 saturated carbocycles. The Balaban J connectivity index is 0.000000400. The Labute approximate surface area is 297 Å². The molecule has 0 fully saturated rings. The van der Waals surface area contributed by atoms with E-state index in [-0.39, 0.29) is 86.5 Å². The van der Waals surface area contributed by atoms with Crippen molar-refractivity contribution in [2.45, 2.75) is 46.0 Å². The number of aliphatic hydroxyl groups is 1. The van der Waals surface area contributed by atoms with E-state index in [2.05, 4.69) is 63.2 Å². The number of methoxy groups -OCH3 is 1. The molecule has 3 aromatic carbocycles. The molecule has 0 spiro atoms. The Bertz CT molecular complexity index is 1190. The van der Waals surface area contributed by atoms with Gasteiger partial charge in [-0.3, -0.25) is 0 Å². The van der Waals surface area contributed by atoms with Crippen molar-refractivity contribution in [1.82, 2.24) is 0 Å². The van der Waals surface area contributed by atoms with Gasteiger partial charge in [0.15, 0.2) is 0 Å². The summed E-state index contributed by atoms with van der Waals surface area (Å²) in [5, 5.41) is 20.0. The van der Waals surface area contributed by atoms with Crippen molar-refractivity contribution < 1.29 is 98.1 Å². The molecule has 0 saturated heterocycles. The number of aryl methyl sites for hydroxylation is 3. The van der Waals surface area contributed by atoms with Gasteiger partial charge in [-0.2, -0.15) is 0 Å². The number of hydrogen-bond donors (Lipinski definition) is 1. The molecular formula is C33H41CsO6. The van der Waals surface area contributed by atoms with Gasteiger partial charge in [-0.05, 0) is 77.3 Å². The van der Waals surface area contributed by atoms with Crippen LogP contribution in [0.2, 0.25) is 0 Å². The number of ether oxygens (including phenoxy) is 3. The summed E-state index contributed by atoms with van der Waals surface area (Å²) >= 11 is 0. The Morgan fingerprint density at radius 2 is 1.35 bits per heavy atom. The van der Waals surface area contributed by atoms with Gasteiger partial charge in [-0.1, -0.05) is 62.4 Å². The van der Waals surface area contributed by atoms with Gasteiger partial charge in [-0.25, -0.2) is 0 Å². The van der Waals surface area contributed by atoms with E-state index < -0.39 is 5.97 Å². The molecule has 0 aliphatic heterocycles. The molecular weight excluding hydrogens is 625 g/mol. The van der Waals surface area contributed by atoms with Crippen molar-refractivity contribution in [3.8, 4) is 11.1 Å². The third-order valence-corrected chi connectivity index (χ3v) is 7.43. The van der Waals surface area contributed by atoms with Gasteiger partial charge in [0.1, 0.15) is 0 Å². The number of carbonyl (C=O) groups excluding carboxylic acids is 1. The third-order valence-electron chi connectivity index (χ3n) is 7.43. The van der Waals surface area contributed by atoms with Gasteiger partial charge in [0.05, 0.1) is 45.6 Å². The fraction of sp³-hybridized carbons (Fsp3) is 0.424. The molecule has 40 heavy (non-hydrogen) atoms. The second-order valence-electron chi connectivity index (χ2n) is 9.85. The molecule has 0 atom stereocenters. The van der Waals surface area contributed by atoms with Crippen molar-refractivity contribution in [1.29, 1.82) is 0 Å². The van der Waals surface area contributed by atoms with Crippen LogP contribution in [0.15, 0.2) is 54.6 Å². The van der Waals surface area contributed by atoms with Gasteiger partial charge in [0, 0.05) is 18.1 Å². The smallest absolute Gasteiger partial charge is 0.545 e. The maximum atomic E-state index is 11.7. The summed E-state index contributed by atoms with van der Waals surface area (Å²) in [6, 6.07) is 19.2. The average molecular weight is 667 g/mol. The van der Waals surface area contributed by atoms with Crippen LogP contribution < -0.4 is 74.0 Å². The second-order valence-corrected chi connectivity index (χ2v) is 9.85. The van der Waals surface area contributed by atoms with Crippen LogP contribution in [0.5, 0.6) is 0 Å². The van der Waals surface area contributed by atoms with E-state index in [1.54, 1.807) is 13.2 Å². The van der Waals surface area contributed by atoms with Crippen LogP contribution in [0, 0.1) is 6.92 Å². The molecule has 210 valence electrons. The molecule has 0 heterocycles. The van der Waals surface area contributed by atoms with Gasteiger partial charge < -0.3 is 29.2 Å². The summed E-state index contributed by atoms with van der Waals surface area (Å²) in [6.45, 7) is 11.1.